The number of aryl methyl sites for hydroxylation is 1. The van der Waals surface area contributed by atoms with Crippen LogP contribution in [0, 0.1) is 12.3 Å². The van der Waals surface area contributed by atoms with Gasteiger partial charge < -0.3 is 5.32 Å². The van der Waals surface area contributed by atoms with E-state index in [2.05, 4.69) is 43.4 Å². The molecule has 3 heteroatoms. The van der Waals surface area contributed by atoms with Gasteiger partial charge in [0.2, 0.25) is 0 Å². The second kappa shape index (κ2) is 4.41. The number of hydrogen-bond acceptors (Lipinski definition) is 3. The van der Waals surface area contributed by atoms with Crippen LogP contribution in [0.5, 0.6) is 0 Å². The lowest BCUT2D eigenvalue weighted by Crippen LogP contribution is -2.37. The molecule has 1 aromatic rings. The molecular formula is C11H20N2S. The first-order valence-electron chi connectivity index (χ1n) is 5.04. The number of aromatic nitrogens is 1. The van der Waals surface area contributed by atoms with E-state index in [1.165, 1.54) is 0 Å². The van der Waals surface area contributed by atoms with Crippen LogP contribution in [0.4, 0.5) is 0 Å². The van der Waals surface area contributed by atoms with Gasteiger partial charge in [0.05, 0.1) is 10.7 Å². The first-order valence-corrected chi connectivity index (χ1v) is 5.92. The zero-order valence-electron chi connectivity index (χ0n) is 9.72. The minimum absolute atomic E-state index is 0.311. The van der Waals surface area contributed by atoms with Gasteiger partial charge in [0.1, 0.15) is 0 Å². The van der Waals surface area contributed by atoms with Crippen molar-refractivity contribution in [1.29, 1.82) is 0 Å². The van der Waals surface area contributed by atoms with Crippen molar-refractivity contribution in [3.63, 3.8) is 0 Å². The van der Waals surface area contributed by atoms with Gasteiger partial charge in [0.25, 0.3) is 0 Å². The lowest BCUT2D eigenvalue weighted by molar-refractivity contribution is 0.284. The summed E-state index contributed by atoms with van der Waals surface area (Å²) >= 11 is 1.71. The Labute approximate surface area is 90.8 Å². The van der Waals surface area contributed by atoms with Crippen LogP contribution in [0.3, 0.4) is 0 Å². The molecule has 1 heterocycles. The first-order chi connectivity index (χ1) is 6.39. The molecule has 0 bridgehead atoms. The molecule has 1 aromatic heterocycles. The second-order valence-corrected chi connectivity index (χ2v) is 5.89. The molecule has 0 aliphatic rings. The number of hydrogen-bond donors (Lipinski definition) is 1. The predicted octanol–water partition coefficient (Wildman–Crippen LogP) is 2.98. The summed E-state index contributed by atoms with van der Waals surface area (Å²) in [6.45, 7) is 11.9. The number of nitrogens with one attached hydrogen (secondary N) is 1. The van der Waals surface area contributed by atoms with Crippen molar-refractivity contribution in [3.05, 3.63) is 16.1 Å². The molecule has 0 saturated heterocycles. The molecule has 0 radical (unpaired) electrons. The Bertz CT molecular complexity index is 286. The average Bonchev–Trinajstić information content (AvgIpc) is 2.45. The number of nitrogens with zero attached hydrogens (tertiary/aromatic N) is 1. The monoisotopic (exact) mass is 212 g/mol. The normalized spacial score (nSPS) is 14.4. The average molecular weight is 212 g/mol. The van der Waals surface area contributed by atoms with Crippen LogP contribution in [0.1, 0.15) is 38.4 Å². The van der Waals surface area contributed by atoms with Crippen molar-refractivity contribution in [2.75, 3.05) is 0 Å². The van der Waals surface area contributed by atoms with Crippen molar-refractivity contribution in [2.24, 2.45) is 5.41 Å². The van der Waals surface area contributed by atoms with Crippen LogP contribution in [0.2, 0.25) is 0 Å². The first kappa shape index (κ1) is 11.7. The maximum Gasteiger partial charge on any atom is 0.0897 e. The number of thiazole rings is 1. The van der Waals surface area contributed by atoms with E-state index < -0.39 is 0 Å². The molecule has 0 aliphatic carbocycles. The maximum absolute atomic E-state index is 4.42. The molecule has 0 fully saturated rings. The Morgan fingerprint density at radius 2 is 2.14 bits per heavy atom. The zero-order chi connectivity index (χ0) is 10.8. The molecule has 0 saturated carbocycles. The van der Waals surface area contributed by atoms with Gasteiger partial charge in [-0.15, -0.1) is 11.3 Å². The summed E-state index contributed by atoms with van der Waals surface area (Å²) < 4.78 is 0. The Morgan fingerprint density at radius 3 is 2.57 bits per heavy atom. The number of rotatable bonds is 3. The zero-order valence-corrected chi connectivity index (χ0v) is 10.5. The molecule has 2 nitrogen and oxygen atoms in total. The van der Waals surface area contributed by atoms with E-state index in [0.29, 0.717) is 11.5 Å². The highest BCUT2D eigenvalue weighted by Gasteiger charge is 2.19. The van der Waals surface area contributed by atoms with Crippen LogP contribution in [-0.2, 0) is 6.54 Å². The molecule has 14 heavy (non-hydrogen) atoms. The van der Waals surface area contributed by atoms with Gasteiger partial charge in [-0.05, 0) is 19.3 Å². The Morgan fingerprint density at radius 1 is 1.50 bits per heavy atom. The van der Waals surface area contributed by atoms with E-state index >= 15 is 0 Å². The van der Waals surface area contributed by atoms with Crippen LogP contribution in [0.25, 0.3) is 0 Å². The third kappa shape index (κ3) is 3.39. The third-order valence-corrected chi connectivity index (χ3v) is 3.38. The smallest absolute Gasteiger partial charge is 0.0897 e. The molecule has 1 atom stereocenters. The largest absolute Gasteiger partial charge is 0.308 e. The van der Waals surface area contributed by atoms with Gasteiger partial charge >= 0.3 is 0 Å². The molecule has 1 rings (SSSR count). The van der Waals surface area contributed by atoms with Crippen LogP contribution < -0.4 is 5.32 Å². The summed E-state index contributed by atoms with van der Waals surface area (Å²) in [5.41, 5.74) is 1.47. The fourth-order valence-corrected chi connectivity index (χ4v) is 1.67. The molecular weight excluding hydrogens is 192 g/mol. The van der Waals surface area contributed by atoms with Crippen LogP contribution in [0.15, 0.2) is 5.38 Å². The van der Waals surface area contributed by atoms with Gasteiger partial charge in [-0.2, -0.15) is 0 Å². The Balaban J connectivity index is 2.41. The summed E-state index contributed by atoms with van der Waals surface area (Å²) in [6, 6.07) is 0.504. The van der Waals surface area contributed by atoms with E-state index in [9.17, 15) is 0 Å². The molecule has 0 aromatic carbocycles. The maximum atomic E-state index is 4.42. The van der Waals surface area contributed by atoms with Gasteiger partial charge in [0, 0.05) is 18.0 Å². The topological polar surface area (TPSA) is 24.9 Å². The van der Waals surface area contributed by atoms with Gasteiger partial charge in [-0.25, -0.2) is 4.98 Å². The molecule has 0 amide bonds. The van der Waals surface area contributed by atoms with Crippen LogP contribution in [-0.4, -0.2) is 11.0 Å². The Kier molecular flexibility index (Phi) is 3.67. The van der Waals surface area contributed by atoms with E-state index in [1.54, 1.807) is 11.3 Å². The van der Waals surface area contributed by atoms with Crippen molar-refractivity contribution in [2.45, 2.75) is 47.2 Å². The lowest BCUT2D eigenvalue weighted by Gasteiger charge is -2.27. The van der Waals surface area contributed by atoms with E-state index in [0.717, 1.165) is 17.2 Å². The lowest BCUT2D eigenvalue weighted by atomic mass is 9.88. The fraction of sp³-hybridized carbons (Fsp3) is 0.727. The van der Waals surface area contributed by atoms with Crippen LogP contribution >= 0.6 is 11.3 Å². The van der Waals surface area contributed by atoms with E-state index in [4.69, 9.17) is 0 Å². The molecule has 1 N–H and O–H groups in total. The van der Waals surface area contributed by atoms with E-state index in [-0.39, 0.29) is 0 Å². The van der Waals surface area contributed by atoms with E-state index in [1.807, 2.05) is 6.92 Å². The quantitative estimate of drug-likeness (QED) is 0.833. The van der Waals surface area contributed by atoms with Crippen molar-refractivity contribution in [3.8, 4) is 0 Å². The van der Waals surface area contributed by atoms with Crippen molar-refractivity contribution < 1.29 is 0 Å². The molecule has 1 unspecified atom stereocenters. The highest BCUT2D eigenvalue weighted by atomic mass is 32.1. The summed E-state index contributed by atoms with van der Waals surface area (Å²) in [6.07, 6.45) is 0. The SMILES string of the molecule is Cc1nc(CNC(C)C(C)(C)C)cs1. The molecule has 80 valence electrons. The highest BCUT2D eigenvalue weighted by Crippen LogP contribution is 2.19. The second-order valence-electron chi connectivity index (χ2n) is 4.83. The third-order valence-electron chi connectivity index (χ3n) is 2.55. The standard InChI is InChI=1S/C11H20N2S/c1-8(11(3,4)5)12-6-10-7-14-9(2)13-10/h7-8,12H,6H2,1-5H3. The fourth-order valence-electron chi connectivity index (χ4n) is 1.05. The molecule has 0 spiro atoms. The minimum atomic E-state index is 0.311. The summed E-state index contributed by atoms with van der Waals surface area (Å²) in [5.74, 6) is 0. The summed E-state index contributed by atoms with van der Waals surface area (Å²) in [5, 5.41) is 6.76. The van der Waals surface area contributed by atoms with Gasteiger partial charge in [0.15, 0.2) is 0 Å². The summed E-state index contributed by atoms with van der Waals surface area (Å²) in [7, 11) is 0. The van der Waals surface area contributed by atoms with Gasteiger partial charge in [-0.3, -0.25) is 0 Å². The predicted molar refractivity (Wildman–Crippen MR) is 62.6 cm³/mol. The highest BCUT2D eigenvalue weighted by molar-refractivity contribution is 7.09. The van der Waals surface area contributed by atoms with Crippen molar-refractivity contribution in [1.82, 2.24) is 10.3 Å². The summed E-state index contributed by atoms with van der Waals surface area (Å²) in [4.78, 5) is 4.42. The minimum Gasteiger partial charge on any atom is -0.308 e. The Hall–Kier alpha value is -0.410. The molecule has 0 aliphatic heterocycles. The van der Waals surface area contributed by atoms with Crippen molar-refractivity contribution >= 4 is 11.3 Å². The van der Waals surface area contributed by atoms with Gasteiger partial charge in [-0.1, -0.05) is 20.8 Å².